The Morgan fingerprint density at radius 1 is 1.03 bits per heavy atom. The van der Waals surface area contributed by atoms with E-state index in [1.54, 1.807) is 39.2 Å². The van der Waals surface area contributed by atoms with Gasteiger partial charge in [0.05, 0.1) is 13.2 Å². The number of methoxy groups -OCH3 is 1. The van der Waals surface area contributed by atoms with E-state index < -0.39 is 30.1 Å². The molecule has 0 saturated heterocycles. The summed E-state index contributed by atoms with van der Waals surface area (Å²) in [6.07, 6.45) is 2.09. The number of aromatic hydroxyl groups is 1. The zero-order valence-corrected chi connectivity index (χ0v) is 19.9. The first kappa shape index (κ1) is 26.0. The molecule has 0 aromatic heterocycles. The number of ketones is 1. The number of fused-ring (bicyclic) bond motifs is 1. The van der Waals surface area contributed by atoms with Gasteiger partial charge in [0.1, 0.15) is 41.6 Å². The van der Waals surface area contributed by atoms with E-state index in [4.69, 9.17) is 14.2 Å². The van der Waals surface area contributed by atoms with Crippen molar-refractivity contribution in [2.75, 3.05) is 7.11 Å². The van der Waals surface area contributed by atoms with Crippen molar-refractivity contribution in [3.8, 4) is 17.2 Å². The van der Waals surface area contributed by atoms with E-state index >= 15 is 0 Å². The molecule has 0 saturated carbocycles. The van der Waals surface area contributed by atoms with E-state index in [1.807, 2.05) is 12.1 Å². The molecule has 1 heterocycles. The number of aliphatic hydroxyl groups excluding tert-OH is 2. The quantitative estimate of drug-likeness (QED) is 0.567. The van der Waals surface area contributed by atoms with Crippen LogP contribution in [-0.4, -0.2) is 52.5 Å². The number of ether oxygens (including phenoxy) is 3. The normalized spacial score (nSPS) is 25.1. The molecule has 0 amide bonds. The molecule has 0 radical (unpaired) electrons. The van der Waals surface area contributed by atoms with Gasteiger partial charge in [-0.05, 0) is 48.7 Å². The molecular formula is C27H30O8. The minimum Gasteiger partial charge on any atom is -0.507 e. The molecule has 1 aliphatic rings. The summed E-state index contributed by atoms with van der Waals surface area (Å²) < 4.78 is 16.5. The fourth-order valence-corrected chi connectivity index (χ4v) is 3.44. The van der Waals surface area contributed by atoms with Gasteiger partial charge in [-0.25, -0.2) is 4.79 Å². The van der Waals surface area contributed by atoms with Gasteiger partial charge in [0.15, 0.2) is 5.78 Å². The van der Waals surface area contributed by atoms with E-state index in [-0.39, 0.29) is 30.3 Å². The summed E-state index contributed by atoms with van der Waals surface area (Å²) in [5.74, 6) is -1.02. The number of phenols is 1. The third-order valence-corrected chi connectivity index (χ3v) is 5.82. The van der Waals surface area contributed by atoms with Gasteiger partial charge in [-0.2, -0.15) is 0 Å². The highest BCUT2D eigenvalue weighted by Gasteiger charge is 2.25. The van der Waals surface area contributed by atoms with Crippen molar-refractivity contribution in [2.24, 2.45) is 5.92 Å². The SMILES string of the molecule is COc1ccc(COc2cc(O)c3c(c2)/C=C/CC(O)C(O)C(=O)/C=C\[C@@H](C)[C@H](C)OC3=O)cc1. The molecule has 3 rings (SSSR count). The molecule has 3 N–H and O–H groups in total. The molecular weight excluding hydrogens is 452 g/mol. The van der Waals surface area contributed by atoms with E-state index in [0.717, 1.165) is 11.3 Å². The molecule has 35 heavy (non-hydrogen) atoms. The Bertz CT molecular complexity index is 1100. The highest BCUT2D eigenvalue weighted by Crippen LogP contribution is 2.31. The van der Waals surface area contributed by atoms with E-state index in [2.05, 4.69) is 0 Å². The summed E-state index contributed by atoms with van der Waals surface area (Å²) in [5.41, 5.74) is 1.13. The summed E-state index contributed by atoms with van der Waals surface area (Å²) in [6, 6.07) is 10.2. The molecule has 2 unspecified atom stereocenters. The van der Waals surface area contributed by atoms with Crippen LogP contribution in [0.3, 0.4) is 0 Å². The average molecular weight is 483 g/mol. The van der Waals surface area contributed by atoms with Crippen molar-refractivity contribution < 1.29 is 39.1 Å². The van der Waals surface area contributed by atoms with Crippen molar-refractivity contribution in [1.29, 1.82) is 0 Å². The van der Waals surface area contributed by atoms with Crippen molar-refractivity contribution in [3.63, 3.8) is 0 Å². The van der Waals surface area contributed by atoms with Crippen LogP contribution >= 0.6 is 0 Å². The summed E-state index contributed by atoms with van der Waals surface area (Å²) in [5, 5.41) is 31.0. The van der Waals surface area contributed by atoms with Crippen LogP contribution in [0.15, 0.2) is 54.6 Å². The number of rotatable bonds is 4. The lowest BCUT2D eigenvalue weighted by atomic mass is 9.99. The molecule has 8 nitrogen and oxygen atoms in total. The highest BCUT2D eigenvalue weighted by atomic mass is 16.5. The van der Waals surface area contributed by atoms with Gasteiger partial charge in [0, 0.05) is 12.0 Å². The standard InChI is InChI=1S/C27H30O8/c1-16-7-12-23(29)26(31)22(28)6-4-5-19-13-21(14-24(30)25(19)27(32)35-17(16)2)34-15-18-8-10-20(33-3)11-9-18/h4-5,7-14,16-17,22,26,28,30-31H,6,15H2,1-3H3/b5-4+,12-7-/t16-,17+,22?,26?/m1/s1. The molecule has 8 heteroatoms. The number of phenolic OH excluding ortho intramolecular Hbond substituents is 1. The minimum atomic E-state index is -1.59. The molecule has 0 fully saturated rings. The molecule has 0 bridgehead atoms. The number of aliphatic hydroxyl groups is 2. The van der Waals surface area contributed by atoms with Crippen LogP contribution in [0.25, 0.3) is 6.08 Å². The van der Waals surface area contributed by atoms with Crippen LogP contribution < -0.4 is 9.47 Å². The maximum atomic E-state index is 12.9. The van der Waals surface area contributed by atoms with Crippen molar-refractivity contribution in [1.82, 2.24) is 0 Å². The number of carbonyl (C=O) groups excluding carboxylic acids is 2. The van der Waals surface area contributed by atoms with E-state index in [9.17, 15) is 24.9 Å². The minimum absolute atomic E-state index is 0.0516. The number of hydrogen-bond acceptors (Lipinski definition) is 8. The number of carbonyl (C=O) groups is 2. The summed E-state index contributed by atoms with van der Waals surface area (Å²) in [4.78, 5) is 25.1. The fourth-order valence-electron chi connectivity index (χ4n) is 3.44. The zero-order valence-electron chi connectivity index (χ0n) is 19.9. The van der Waals surface area contributed by atoms with Crippen molar-refractivity contribution in [2.45, 2.75) is 45.2 Å². The van der Waals surface area contributed by atoms with Crippen LogP contribution in [0.4, 0.5) is 0 Å². The second kappa shape index (κ2) is 11.7. The first-order valence-electron chi connectivity index (χ1n) is 11.3. The van der Waals surface area contributed by atoms with Crippen molar-refractivity contribution >= 4 is 17.8 Å². The first-order valence-corrected chi connectivity index (χ1v) is 11.3. The molecule has 0 aliphatic carbocycles. The number of benzene rings is 2. The Labute approximate surface area is 204 Å². The molecule has 2 aromatic carbocycles. The zero-order chi connectivity index (χ0) is 25.5. The van der Waals surface area contributed by atoms with E-state index in [1.165, 1.54) is 30.4 Å². The van der Waals surface area contributed by atoms with Gasteiger partial charge in [-0.1, -0.05) is 37.3 Å². The molecule has 0 spiro atoms. The maximum Gasteiger partial charge on any atom is 0.342 e. The molecule has 2 aromatic rings. The lowest BCUT2D eigenvalue weighted by Crippen LogP contribution is -2.32. The lowest BCUT2D eigenvalue weighted by Gasteiger charge is -2.20. The van der Waals surface area contributed by atoms with Crippen LogP contribution in [0.5, 0.6) is 17.2 Å². The Kier molecular flexibility index (Phi) is 8.68. The van der Waals surface area contributed by atoms with Crippen molar-refractivity contribution in [3.05, 3.63) is 71.3 Å². The van der Waals surface area contributed by atoms with Gasteiger partial charge in [0.2, 0.25) is 0 Å². The van der Waals surface area contributed by atoms with Gasteiger partial charge in [-0.15, -0.1) is 0 Å². The summed E-state index contributed by atoms with van der Waals surface area (Å²) >= 11 is 0. The van der Waals surface area contributed by atoms with Gasteiger partial charge in [-0.3, -0.25) is 4.79 Å². The topological polar surface area (TPSA) is 123 Å². The Balaban J connectivity index is 1.91. The summed E-state index contributed by atoms with van der Waals surface area (Å²) in [6.45, 7) is 3.62. The largest absolute Gasteiger partial charge is 0.507 e. The number of hydrogen-bond donors (Lipinski definition) is 3. The second-order valence-electron chi connectivity index (χ2n) is 8.42. The highest BCUT2D eigenvalue weighted by molar-refractivity contribution is 5.97. The number of esters is 1. The first-order chi connectivity index (χ1) is 16.7. The smallest absolute Gasteiger partial charge is 0.342 e. The predicted molar refractivity (Wildman–Crippen MR) is 129 cm³/mol. The Morgan fingerprint density at radius 3 is 2.43 bits per heavy atom. The van der Waals surface area contributed by atoms with Crippen LogP contribution in [0.2, 0.25) is 0 Å². The number of cyclic esters (lactones) is 1. The van der Waals surface area contributed by atoms with Crippen LogP contribution in [-0.2, 0) is 16.1 Å². The second-order valence-corrected chi connectivity index (χ2v) is 8.42. The maximum absolute atomic E-state index is 12.9. The van der Waals surface area contributed by atoms with E-state index in [0.29, 0.717) is 11.3 Å². The third kappa shape index (κ3) is 6.71. The predicted octanol–water partition coefficient (Wildman–Crippen LogP) is 3.43. The van der Waals surface area contributed by atoms with Gasteiger partial charge in [0.25, 0.3) is 0 Å². The molecule has 1 aliphatic heterocycles. The van der Waals surface area contributed by atoms with Gasteiger partial charge >= 0.3 is 5.97 Å². The fraction of sp³-hybridized carbons (Fsp3) is 0.333. The third-order valence-electron chi connectivity index (χ3n) is 5.82. The van der Waals surface area contributed by atoms with Crippen LogP contribution in [0.1, 0.15) is 41.8 Å². The van der Waals surface area contributed by atoms with Gasteiger partial charge < -0.3 is 29.5 Å². The Hall–Kier alpha value is -3.62. The molecule has 186 valence electrons. The average Bonchev–Trinajstić information content (AvgIpc) is 2.84. The summed E-state index contributed by atoms with van der Waals surface area (Å²) in [7, 11) is 1.58. The Morgan fingerprint density at radius 2 is 1.74 bits per heavy atom. The monoisotopic (exact) mass is 482 g/mol. The van der Waals surface area contributed by atoms with Crippen LogP contribution in [0, 0.1) is 5.92 Å². The molecule has 4 atom stereocenters. The lowest BCUT2D eigenvalue weighted by molar-refractivity contribution is -0.127.